The highest BCUT2D eigenvalue weighted by Gasteiger charge is 1.97. The van der Waals surface area contributed by atoms with Gasteiger partial charge < -0.3 is 19.6 Å². The summed E-state index contributed by atoms with van der Waals surface area (Å²) in [6.07, 6.45) is 1.06. The van der Waals surface area contributed by atoms with E-state index in [9.17, 15) is 9.59 Å². The fraction of sp³-hybridized carbons (Fsp3) is 0.636. The van der Waals surface area contributed by atoms with Crippen LogP contribution < -0.4 is 5.32 Å². The molecule has 0 aromatic heterocycles. The van der Waals surface area contributed by atoms with E-state index in [0.717, 1.165) is 6.29 Å². The Balaban J connectivity index is 0. The standard InChI is InChI=1S/C7H11NO2.C4H10O2/c1-6(2)7(10)8-4-3-5-9;1-4(5-2)6-3/h5H,1,3-4H2,2H3,(H,8,10);4H,1-3H3. The van der Waals surface area contributed by atoms with Gasteiger partial charge in [-0.25, -0.2) is 0 Å². The third-order valence-corrected chi connectivity index (χ3v) is 1.60. The van der Waals surface area contributed by atoms with Gasteiger partial charge in [-0.05, 0) is 13.8 Å². The molecule has 0 saturated heterocycles. The number of rotatable bonds is 6. The van der Waals surface area contributed by atoms with Gasteiger partial charge in [-0.1, -0.05) is 6.58 Å². The molecule has 0 radical (unpaired) electrons. The first kappa shape index (κ1) is 17.2. The summed E-state index contributed by atoms with van der Waals surface area (Å²) in [5.41, 5.74) is 0.464. The molecule has 0 bridgehead atoms. The summed E-state index contributed by atoms with van der Waals surface area (Å²) in [4.78, 5) is 20.5. The summed E-state index contributed by atoms with van der Waals surface area (Å²) in [6.45, 7) is 7.29. The van der Waals surface area contributed by atoms with E-state index in [1.165, 1.54) is 0 Å². The average molecular weight is 231 g/mol. The lowest BCUT2D eigenvalue weighted by Crippen LogP contribution is -2.24. The summed E-state index contributed by atoms with van der Waals surface area (Å²) in [7, 11) is 3.21. The molecule has 0 aromatic rings. The number of ether oxygens (including phenoxy) is 2. The lowest BCUT2D eigenvalue weighted by atomic mass is 10.3. The van der Waals surface area contributed by atoms with E-state index in [0.29, 0.717) is 18.5 Å². The Bertz CT molecular complexity index is 212. The van der Waals surface area contributed by atoms with Crippen LogP contribution in [-0.4, -0.2) is 39.2 Å². The Labute approximate surface area is 96.8 Å². The van der Waals surface area contributed by atoms with E-state index in [4.69, 9.17) is 0 Å². The summed E-state index contributed by atoms with van der Waals surface area (Å²) in [5.74, 6) is -0.193. The SMILES string of the molecule is C=C(C)C(=O)NCCC=O.COC(C)OC. The topological polar surface area (TPSA) is 64.6 Å². The molecule has 0 rings (SSSR count). The molecular formula is C11H21NO4. The zero-order chi connectivity index (χ0) is 13.0. The Morgan fingerprint density at radius 2 is 1.94 bits per heavy atom. The van der Waals surface area contributed by atoms with Gasteiger partial charge in [-0.15, -0.1) is 0 Å². The van der Waals surface area contributed by atoms with E-state index >= 15 is 0 Å². The Hall–Kier alpha value is -1.20. The van der Waals surface area contributed by atoms with Crippen LogP contribution in [0.1, 0.15) is 20.3 Å². The van der Waals surface area contributed by atoms with Crippen LogP contribution in [0.25, 0.3) is 0 Å². The largest absolute Gasteiger partial charge is 0.356 e. The third kappa shape index (κ3) is 12.8. The van der Waals surface area contributed by atoms with Gasteiger partial charge in [-0.3, -0.25) is 4.79 Å². The predicted molar refractivity (Wildman–Crippen MR) is 62.0 cm³/mol. The maximum Gasteiger partial charge on any atom is 0.246 e. The lowest BCUT2D eigenvalue weighted by molar-refractivity contribution is -0.117. The zero-order valence-electron chi connectivity index (χ0n) is 10.4. The van der Waals surface area contributed by atoms with Crippen molar-refractivity contribution in [2.24, 2.45) is 0 Å². The summed E-state index contributed by atoms with van der Waals surface area (Å²) < 4.78 is 9.35. The normalized spacial score (nSPS) is 9.06. The van der Waals surface area contributed by atoms with E-state index in [2.05, 4.69) is 21.4 Å². The van der Waals surface area contributed by atoms with Crippen molar-refractivity contribution in [3.8, 4) is 0 Å². The van der Waals surface area contributed by atoms with Crippen LogP contribution in [0.4, 0.5) is 0 Å². The number of nitrogens with one attached hydrogen (secondary N) is 1. The van der Waals surface area contributed by atoms with Gasteiger partial charge in [0.05, 0.1) is 0 Å². The zero-order valence-corrected chi connectivity index (χ0v) is 10.4. The number of aldehydes is 1. The van der Waals surface area contributed by atoms with E-state index in [-0.39, 0.29) is 12.2 Å². The molecule has 0 fully saturated rings. The molecule has 0 aliphatic heterocycles. The van der Waals surface area contributed by atoms with Gasteiger partial charge in [0, 0.05) is 32.8 Å². The van der Waals surface area contributed by atoms with E-state index in [1.54, 1.807) is 21.1 Å². The van der Waals surface area contributed by atoms with Crippen molar-refractivity contribution in [3.05, 3.63) is 12.2 Å². The maximum absolute atomic E-state index is 10.7. The second-order valence-electron chi connectivity index (χ2n) is 3.03. The lowest BCUT2D eigenvalue weighted by Gasteiger charge is -2.03. The minimum Gasteiger partial charge on any atom is -0.356 e. The number of hydrogen-bond acceptors (Lipinski definition) is 4. The molecule has 0 unspecified atom stereocenters. The molecule has 1 amide bonds. The molecular weight excluding hydrogens is 210 g/mol. The fourth-order valence-corrected chi connectivity index (χ4v) is 0.492. The van der Waals surface area contributed by atoms with Crippen LogP contribution in [0.15, 0.2) is 12.2 Å². The van der Waals surface area contributed by atoms with Crippen LogP contribution in [0.2, 0.25) is 0 Å². The highest BCUT2D eigenvalue weighted by Crippen LogP contribution is 1.84. The van der Waals surface area contributed by atoms with Gasteiger partial charge in [0.1, 0.15) is 6.29 Å². The van der Waals surface area contributed by atoms with Gasteiger partial charge in [0.15, 0.2) is 6.29 Å². The molecule has 0 aliphatic rings. The van der Waals surface area contributed by atoms with Gasteiger partial charge in [-0.2, -0.15) is 0 Å². The first-order valence-electron chi connectivity index (χ1n) is 4.92. The molecule has 94 valence electrons. The van der Waals surface area contributed by atoms with Crippen LogP contribution >= 0.6 is 0 Å². The summed E-state index contributed by atoms with van der Waals surface area (Å²) in [6, 6.07) is 0. The van der Waals surface area contributed by atoms with Gasteiger partial charge in [0.25, 0.3) is 0 Å². The molecule has 0 aromatic carbocycles. The van der Waals surface area contributed by atoms with Crippen molar-refractivity contribution in [1.82, 2.24) is 5.32 Å². The minimum absolute atomic E-state index is 0.0648. The first-order valence-corrected chi connectivity index (χ1v) is 4.92. The second-order valence-corrected chi connectivity index (χ2v) is 3.03. The van der Waals surface area contributed by atoms with Crippen molar-refractivity contribution < 1.29 is 19.1 Å². The number of carbonyl (C=O) groups is 2. The monoisotopic (exact) mass is 231 g/mol. The molecule has 1 N–H and O–H groups in total. The smallest absolute Gasteiger partial charge is 0.246 e. The van der Waals surface area contributed by atoms with E-state index < -0.39 is 0 Å². The van der Waals surface area contributed by atoms with Crippen LogP contribution in [-0.2, 0) is 19.1 Å². The van der Waals surface area contributed by atoms with Crippen molar-refractivity contribution in [1.29, 1.82) is 0 Å². The van der Waals surface area contributed by atoms with Crippen molar-refractivity contribution in [2.75, 3.05) is 20.8 Å². The molecule has 0 saturated carbocycles. The summed E-state index contributed by atoms with van der Waals surface area (Å²) in [5, 5.41) is 2.51. The van der Waals surface area contributed by atoms with Crippen LogP contribution in [0.5, 0.6) is 0 Å². The Kier molecular flexibility index (Phi) is 12.8. The number of methoxy groups -OCH3 is 2. The number of hydrogen-bond donors (Lipinski definition) is 1. The molecule has 16 heavy (non-hydrogen) atoms. The molecule has 0 atom stereocenters. The van der Waals surface area contributed by atoms with Crippen LogP contribution in [0.3, 0.4) is 0 Å². The second kappa shape index (κ2) is 11.9. The highest BCUT2D eigenvalue weighted by atomic mass is 16.7. The quantitative estimate of drug-likeness (QED) is 0.319. The van der Waals surface area contributed by atoms with Crippen molar-refractivity contribution in [2.45, 2.75) is 26.6 Å². The van der Waals surface area contributed by atoms with E-state index in [1.807, 2.05) is 6.92 Å². The number of amides is 1. The number of carbonyl (C=O) groups excluding carboxylic acids is 2. The summed E-state index contributed by atoms with van der Waals surface area (Å²) >= 11 is 0. The molecule has 0 heterocycles. The van der Waals surface area contributed by atoms with Gasteiger partial charge in [0.2, 0.25) is 5.91 Å². The maximum atomic E-state index is 10.7. The Morgan fingerprint density at radius 3 is 2.19 bits per heavy atom. The van der Waals surface area contributed by atoms with Crippen LogP contribution in [0, 0.1) is 0 Å². The molecule has 5 heteroatoms. The third-order valence-electron chi connectivity index (χ3n) is 1.60. The molecule has 5 nitrogen and oxygen atoms in total. The minimum atomic E-state index is -0.193. The molecule has 0 spiro atoms. The van der Waals surface area contributed by atoms with Crippen molar-refractivity contribution in [3.63, 3.8) is 0 Å². The van der Waals surface area contributed by atoms with Gasteiger partial charge >= 0.3 is 0 Å². The predicted octanol–water partition coefficient (Wildman–Crippen LogP) is 0.893. The Morgan fingerprint density at radius 1 is 1.44 bits per heavy atom. The fourth-order valence-electron chi connectivity index (χ4n) is 0.492. The first-order chi connectivity index (χ1) is 7.49. The average Bonchev–Trinajstić information content (AvgIpc) is 2.28. The highest BCUT2D eigenvalue weighted by molar-refractivity contribution is 5.92. The van der Waals surface area contributed by atoms with Crippen molar-refractivity contribution >= 4 is 12.2 Å². The molecule has 0 aliphatic carbocycles.